The predicted molar refractivity (Wildman–Crippen MR) is 59.0 cm³/mol. The van der Waals surface area contributed by atoms with Gasteiger partial charge >= 0.3 is 0 Å². The highest BCUT2D eigenvalue weighted by Gasteiger charge is 2.24. The Morgan fingerprint density at radius 2 is 2.43 bits per heavy atom. The van der Waals surface area contributed by atoms with Crippen LogP contribution >= 0.6 is 0 Å². The van der Waals surface area contributed by atoms with Gasteiger partial charge in [-0.3, -0.25) is 10.4 Å². The number of nitrogens with two attached hydrogens (primary N) is 1. The third-order valence-corrected chi connectivity index (χ3v) is 2.69. The largest absolute Gasteiger partial charge is 0.341 e. The maximum atomic E-state index is 5.43. The molecule has 0 aliphatic carbocycles. The summed E-state index contributed by atoms with van der Waals surface area (Å²) in [7, 11) is 4.18. The molecule has 0 spiro atoms. The van der Waals surface area contributed by atoms with E-state index in [0.29, 0.717) is 6.04 Å². The number of likely N-dealkylation sites (N-methyl/N-ethyl adjacent to an activating group) is 2. The third-order valence-electron chi connectivity index (χ3n) is 2.69. The van der Waals surface area contributed by atoms with Crippen LogP contribution in [-0.2, 0) is 0 Å². The zero-order valence-electron chi connectivity index (χ0n) is 9.32. The standard InChI is InChI=1S/C9H21N5/c1-4-11-9(12-10)14(3)8-5-6-13(2)7-8/h8H,4-7,10H2,1-3H3,(H,11,12). The molecule has 0 radical (unpaired) electrons. The molecule has 1 rings (SSSR count). The zero-order chi connectivity index (χ0) is 10.6. The molecule has 1 heterocycles. The number of nitrogens with zero attached hydrogens (tertiary/aromatic N) is 3. The Labute approximate surface area is 85.9 Å². The smallest absolute Gasteiger partial charge is 0.208 e. The summed E-state index contributed by atoms with van der Waals surface area (Å²) >= 11 is 0. The predicted octanol–water partition coefficient (Wildman–Crippen LogP) is -0.538. The molecule has 14 heavy (non-hydrogen) atoms. The van der Waals surface area contributed by atoms with Gasteiger partial charge in [0.2, 0.25) is 5.96 Å². The molecule has 1 atom stereocenters. The number of hydrogen-bond acceptors (Lipinski definition) is 3. The highest BCUT2D eigenvalue weighted by Crippen LogP contribution is 2.12. The van der Waals surface area contributed by atoms with E-state index in [1.54, 1.807) is 0 Å². The number of guanidine groups is 1. The topological polar surface area (TPSA) is 56.9 Å². The van der Waals surface area contributed by atoms with Crippen molar-refractivity contribution in [3.05, 3.63) is 0 Å². The van der Waals surface area contributed by atoms with Crippen LogP contribution in [0.3, 0.4) is 0 Å². The molecule has 0 bridgehead atoms. The van der Waals surface area contributed by atoms with Gasteiger partial charge in [-0.2, -0.15) is 0 Å². The Balaban J connectivity index is 2.54. The van der Waals surface area contributed by atoms with Gasteiger partial charge in [0, 0.05) is 26.2 Å². The summed E-state index contributed by atoms with van der Waals surface area (Å²) in [6, 6.07) is 0.529. The van der Waals surface area contributed by atoms with Gasteiger partial charge in [0.15, 0.2) is 0 Å². The molecule has 0 aromatic carbocycles. The van der Waals surface area contributed by atoms with E-state index in [1.165, 1.54) is 6.42 Å². The third kappa shape index (κ3) is 2.59. The second-order valence-corrected chi connectivity index (χ2v) is 3.76. The lowest BCUT2D eigenvalue weighted by Gasteiger charge is -2.26. The average molecular weight is 199 g/mol. The van der Waals surface area contributed by atoms with Crippen LogP contribution in [0.4, 0.5) is 0 Å². The summed E-state index contributed by atoms with van der Waals surface area (Å²) in [6.45, 7) is 5.00. The van der Waals surface area contributed by atoms with Crippen molar-refractivity contribution in [1.82, 2.24) is 15.2 Å². The van der Waals surface area contributed by atoms with Crippen molar-refractivity contribution in [2.45, 2.75) is 19.4 Å². The van der Waals surface area contributed by atoms with Gasteiger partial charge in [-0.05, 0) is 26.9 Å². The number of likely N-dealkylation sites (tertiary alicyclic amines) is 1. The lowest BCUT2D eigenvalue weighted by atomic mass is 10.2. The minimum absolute atomic E-state index is 0.529. The van der Waals surface area contributed by atoms with E-state index in [9.17, 15) is 0 Å². The first kappa shape index (κ1) is 11.3. The highest BCUT2D eigenvalue weighted by atomic mass is 15.4. The van der Waals surface area contributed by atoms with Crippen molar-refractivity contribution < 1.29 is 0 Å². The van der Waals surface area contributed by atoms with Crippen molar-refractivity contribution in [2.75, 3.05) is 33.7 Å². The van der Waals surface area contributed by atoms with Gasteiger partial charge in [0.1, 0.15) is 0 Å². The van der Waals surface area contributed by atoms with Crippen LogP contribution in [0, 0.1) is 0 Å². The minimum atomic E-state index is 0.529. The first-order valence-electron chi connectivity index (χ1n) is 5.11. The summed E-state index contributed by atoms with van der Waals surface area (Å²) in [6.07, 6.45) is 1.18. The second-order valence-electron chi connectivity index (χ2n) is 3.76. The van der Waals surface area contributed by atoms with E-state index >= 15 is 0 Å². The van der Waals surface area contributed by atoms with Crippen LogP contribution in [0.2, 0.25) is 0 Å². The summed E-state index contributed by atoms with van der Waals surface area (Å²) in [4.78, 5) is 8.75. The van der Waals surface area contributed by atoms with E-state index in [4.69, 9.17) is 5.84 Å². The van der Waals surface area contributed by atoms with Gasteiger partial charge in [-0.15, -0.1) is 0 Å². The number of hydrazine groups is 1. The monoisotopic (exact) mass is 199 g/mol. The molecule has 1 fully saturated rings. The highest BCUT2D eigenvalue weighted by molar-refractivity contribution is 5.79. The Morgan fingerprint density at radius 1 is 1.71 bits per heavy atom. The molecule has 1 saturated heterocycles. The molecular weight excluding hydrogens is 178 g/mol. The lowest BCUT2D eigenvalue weighted by Crippen LogP contribution is -2.48. The molecule has 1 aliphatic heterocycles. The molecule has 82 valence electrons. The summed E-state index contributed by atoms with van der Waals surface area (Å²) in [5.74, 6) is 6.21. The summed E-state index contributed by atoms with van der Waals surface area (Å²) in [5, 5.41) is 0. The van der Waals surface area contributed by atoms with E-state index < -0.39 is 0 Å². The van der Waals surface area contributed by atoms with E-state index in [2.05, 4.69) is 27.3 Å². The zero-order valence-corrected chi connectivity index (χ0v) is 9.32. The first-order valence-corrected chi connectivity index (χ1v) is 5.11. The van der Waals surface area contributed by atoms with Crippen LogP contribution in [-0.4, -0.2) is 55.5 Å². The Kier molecular flexibility index (Phi) is 4.16. The molecule has 0 aromatic rings. The Bertz CT molecular complexity index is 203. The van der Waals surface area contributed by atoms with E-state index in [1.807, 2.05) is 14.0 Å². The van der Waals surface area contributed by atoms with Crippen LogP contribution in [0.1, 0.15) is 13.3 Å². The van der Waals surface area contributed by atoms with Gasteiger partial charge in [-0.1, -0.05) is 0 Å². The fourth-order valence-electron chi connectivity index (χ4n) is 1.81. The summed E-state index contributed by atoms with van der Waals surface area (Å²) in [5.41, 5.74) is 2.65. The lowest BCUT2D eigenvalue weighted by molar-refractivity contribution is 0.334. The van der Waals surface area contributed by atoms with Crippen molar-refractivity contribution >= 4 is 5.96 Å². The van der Waals surface area contributed by atoms with Crippen molar-refractivity contribution in [1.29, 1.82) is 0 Å². The molecule has 0 saturated carbocycles. The minimum Gasteiger partial charge on any atom is -0.341 e. The molecular formula is C9H21N5. The van der Waals surface area contributed by atoms with Crippen molar-refractivity contribution in [3.63, 3.8) is 0 Å². The fourth-order valence-corrected chi connectivity index (χ4v) is 1.81. The molecule has 1 aliphatic rings. The molecule has 0 amide bonds. The van der Waals surface area contributed by atoms with Crippen LogP contribution < -0.4 is 11.3 Å². The SMILES string of the molecule is CCN=C(NN)N(C)C1CCN(C)C1. The second kappa shape index (κ2) is 5.17. The van der Waals surface area contributed by atoms with Crippen LogP contribution in [0.5, 0.6) is 0 Å². The van der Waals surface area contributed by atoms with Gasteiger partial charge in [0.05, 0.1) is 0 Å². The fraction of sp³-hybridized carbons (Fsp3) is 0.889. The Morgan fingerprint density at radius 3 is 2.86 bits per heavy atom. The van der Waals surface area contributed by atoms with Crippen LogP contribution in [0.15, 0.2) is 4.99 Å². The normalized spacial score (nSPS) is 24.0. The molecule has 1 unspecified atom stereocenters. The van der Waals surface area contributed by atoms with Gasteiger partial charge in [0.25, 0.3) is 0 Å². The number of nitrogens with one attached hydrogen (secondary N) is 1. The first-order chi connectivity index (χ1) is 6.69. The number of hydrogen-bond donors (Lipinski definition) is 2. The van der Waals surface area contributed by atoms with Gasteiger partial charge in [-0.25, -0.2) is 5.84 Å². The number of rotatable bonds is 2. The maximum Gasteiger partial charge on any atom is 0.208 e. The molecule has 0 aromatic heterocycles. The van der Waals surface area contributed by atoms with Crippen LogP contribution in [0.25, 0.3) is 0 Å². The van der Waals surface area contributed by atoms with Crippen molar-refractivity contribution in [3.8, 4) is 0 Å². The average Bonchev–Trinajstić information content (AvgIpc) is 2.60. The molecule has 5 heteroatoms. The van der Waals surface area contributed by atoms with E-state index in [-0.39, 0.29) is 0 Å². The maximum absolute atomic E-state index is 5.43. The molecule has 3 N–H and O–H groups in total. The van der Waals surface area contributed by atoms with Crippen molar-refractivity contribution in [2.24, 2.45) is 10.8 Å². The quantitative estimate of drug-likeness (QED) is 0.271. The Hall–Kier alpha value is -0.810. The van der Waals surface area contributed by atoms with Gasteiger partial charge < -0.3 is 9.80 Å². The molecule has 5 nitrogen and oxygen atoms in total. The number of aliphatic imine (C=N–C) groups is 1. The van der Waals surface area contributed by atoms with E-state index in [0.717, 1.165) is 25.6 Å². The summed E-state index contributed by atoms with van der Waals surface area (Å²) < 4.78 is 0.